The summed E-state index contributed by atoms with van der Waals surface area (Å²) in [4.78, 5) is 15.7. The van der Waals surface area contributed by atoms with Crippen molar-refractivity contribution in [2.45, 2.75) is 6.92 Å². The van der Waals surface area contributed by atoms with Gasteiger partial charge in [0.2, 0.25) is 0 Å². The first-order valence-corrected chi connectivity index (χ1v) is 7.31. The topological polar surface area (TPSA) is 50.2 Å². The van der Waals surface area contributed by atoms with Gasteiger partial charge in [0.05, 0.1) is 11.1 Å². The van der Waals surface area contributed by atoms with Crippen LogP contribution in [0.25, 0.3) is 22.0 Å². The van der Waals surface area contributed by atoms with Crippen molar-refractivity contribution in [1.82, 2.24) is 4.98 Å². The molecule has 0 aliphatic carbocycles. The zero-order chi connectivity index (χ0) is 15.9. The molecule has 5 heteroatoms. The van der Waals surface area contributed by atoms with Gasteiger partial charge in [0.25, 0.3) is 0 Å². The minimum Gasteiger partial charge on any atom is -0.478 e. The molecule has 0 radical (unpaired) electrons. The maximum atomic E-state index is 11.3. The highest BCUT2D eigenvalue weighted by Crippen LogP contribution is 2.38. The second-order valence-corrected chi connectivity index (χ2v) is 5.76. The largest absolute Gasteiger partial charge is 0.478 e. The standard InChI is InChI=1S/C17H11Cl2NO2/c1-9-7-10(17(21)22)8-12-11(5-6-20-16(9)12)15-13(18)3-2-4-14(15)19/h2-8H,1H3,(H,21,22). The van der Waals surface area contributed by atoms with Crippen LogP contribution < -0.4 is 0 Å². The third-order valence-corrected chi connectivity index (χ3v) is 4.14. The maximum absolute atomic E-state index is 11.3. The SMILES string of the molecule is Cc1cc(C(=O)O)cc2c(-c3c(Cl)cccc3Cl)ccnc12. The molecule has 1 heterocycles. The van der Waals surface area contributed by atoms with Gasteiger partial charge in [0, 0.05) is 27.2 Å². The molecule has 3 nitrogen and oxygen atoms in total. The first-order chi connectivity index (χ1) is 10.5. The molecule has 3 rings (SSSR count). The quantitative estimate of drug-likeness (QED) is 0.700. The van der Waals surface area contributed by atoms with Crippen molar-refractivity contribution in [3.8, 4) is 11.1 Å². The molecule has 1 N–H and O–H groups in total. The van der Waals surface area contributed by atoms with Crippen molar-refractivity contribution >= 4 is 40.1 Å². The summed E-state index contributed by atoms with van der Waals surface area (Å²) in [7, 11) is 0. The van der Waals surface area contributed by atoms with Crippen molar-refractivity contribution in [2.75, 3.05) is 0 Å². The number of hydrogen-bond acceptors (Lipinski definition) is 2. The van der Waals surface area contributed by atoms with Gasteiger partial charge in [-0.2, -0.15) is 0 Å². The Balaban J connectivity index is 2.42. The van der Waals surface area contributed by atoms with Gasteiger partial charge >= 0.3 is 5.97 Å². The summed E-state index contributed by atoms with van der Waals surface area (Å²) in [5.41, 5.74) is 3.19. The molecule has 3 aromatic rings. The highest BCUT2D eigenvalue weighted by molar-refractivity contribution is 6.39. The zero-order valence-electron chi connectivity index (χ0n) is 11.6. The van der Waals surface area contributed by atoms with Crippen LogP contribution >= 0.6 is 23.2 Å². The van der Waals surface area contributed by atoms with Gasteiger partial charge in [0.1, 0.15) is 0 Å². The summed E-state index contributed by atoms with van der Waals surface area (Å²) in [6.45, 7) is 1.83. The fraction of sp³-hybridized carbons (Fsp3) is 0.0588. The number of fused-ring (bicyclic) bond motifs is 1. The highest BCUT2D eigenvalue weighted by Gasteiger charge is 2.15. The van der Waals surface area contributed by atoms with E-state index in [0.29, 0.717) is 15.6 Å². The third kappa shape index (κ3) is 2.43. The second kappa shape index (κ2) is 5.59. The number of carbonyl (C=O) groups is 1. The predicted octanol–water partition coefficient (Wildman–Crippen LogP) is 5.22. The van der Waals surface area contributed by atoms with Crippen molar-refractivity contribution in [1.29, 1.82) is 0 Å². The minimum absolute atomic E-state index is 0.211. The number of carboxylic acid groups (broad SMARTS) is 1. The van der Waals surface area contributed by atoms with Crippen molar-refractivity contribution in [2.24, 2.45) is 0 Å². The van der Waals surface area contributed by atoms with Crippen molar-refractivity contribution in [3.63, 3.8) is 0 Å². The summed E-state index contributed by atoms with van der Waals surface area (Å²) >= 11 is 12.6. The average Bonchev–Trinajstić information content (AvgIpc) is 2.47. The van der Waals surface area contributed by atoms with E-state index in [1.807, 2.05) is 6.92 Å². The van der Waals surface area contributed by atoms with E-state index in [9.17, 15) is 9.90 Å². The molecule has 0 saturated carbocycles. The number of nitrogens with zero attached hydrogens (tertiary/aromatic N) is 1. The smallest absolute Gasteiger partial charge is 0.335 e. The monoisotopic (exact) mass is 331 g/mol. The van der Waals surface area contributed by atoms with Crippen LogP contribution in [0.5, 0.6) is 0 Å². The zero-order valence-corrected chi connectivity index (χ0v) is 13.1. The van der Waals surface area contributed by atoms with Crippen LogP contribution in [0, 0.1) is 6.92 Å². The maximum Gasteiger partial charge on any atom is 0.335 e. The van der Waals surface area contributed by atoms with Gasteiger partial charge in [-0.15, -0.1) is 0 Å². The molecule has 22 heavy (non-hydrogen) atoms. The first kappa shape index (κ1) is 14.8. The van der Waals surface area contributed by atoms with E-state index in [-0.39, 0.29) is 5.56 Å². The molecular formula is C17H11Cl2NO2. The molecule has 2 aromatic carbocycles. The van der Waals surface area contributed by atoms with Gasteiger partial charge in [-0.3, -0.25) is 4.98 Å². The van der Waals surface area contributed by atoms with Crippen molar-refractivity contribution in [3.05, 3.63) is 63.8 Å². The summed E-state index contributed by atoms with van der Waals surface area (Å²) in [5, 5.41) is 11.0. The third-order valence-electron chi connectivity index (χ3n) is 3.51. The fourth-order valence-corrected chi connectivity index (χ4v) is 3.13. The second-order valence-electron chi connectivity index (χ2n) is 4.95. The summed E-state index contributed by atoms with van der Waals surface area (Å²) < 4.78 is 0. The Hall–Kier alpha value is -2.10. The molecule has 0 bridgehead atoms. The van der Waals surface area contributed by atoms with Crippen LogP contribution in [0.3, 0.4) is 0 Å². The van der Waals surface area contributed by atoms with Gasteiger partial charge in [0.15, 0.2) is 0 Å². The molecule has 0 spiro atoms. The predicted molar refractivity (Wildman–Crippen MR) is 88.9 cm³/mol. The van der Waals surface area contributed by atoms with E-state index in [1.165, 1.54) is 0 Å². The number of halogens is 2. The van der Waals surface area contributed by atoms with Crippen LogP contribution in [-0.2, 0) is 0 Å². The number of carboxylic acids is 1. The number of hydrogen-bond donors (Lipinski definition) is 1. The number of aromatic carboxylic acids is 1. The Kier molecular flexibility index (Phi) is 3.77. The van der Waals surface area contributed by atoms with Gasteiger partial charge in [-0.05, 0) is 48.4 Å². The van der Waals surface area contributed by atoms with Gasteiger partial charge in [-0.1, -0.05) is 29.3 Å². The lowest BCUT2D eigenvalue weighted by atomic mass is 9.97. The Labute approximate surface area is 137 Å². The molecular weight excluding hydrogens is 321 g/mol. The molecule has 0 unspecified atom stereocenters. The van der Waals surface area contributed by atoms with E-state index < -0.39 is 5.97 Å². The van der Waals surface area contributed by atoms with Crippen LogP contribution in [0.1, 0.15) is 15.9 Å². The summed E-state index contributed by atoms with van der Waals surface area (Å²) in [6, 6.07) is 10.3. The van der Waals surface area contributed by atoms with Crippen LogP contribution in [-0.4, -0.2) is 16.1 Å². The van der Waals surface area contributed by atoms with E-state index in [1.54, 1.807) is 42.6 Å². The average molecular weight is 332 g/mol. The van der Waals surface area contributed by atoms with Crippen LogP contribution in [0.15, 0.2) is 42.6 Å². The Morgan fingerprint density at radius 2 is 1.82 bits per heavy atom. The lowest BCUT2D eigenvalue weighted by Crippen LogP contribution is -1.98. The summed E-state index contributed by atoms with van der Waals surface area (Å²) in [6.07, 6.45) is 1.67. The molecule has 0 atom stereocenters. The lowest BCUT2D eigenvalue weighted by Gasteiger charge is -2.12. The lowest BCUT2D eigenvalue weighted by molar-refractivity contribution is 0.0697. The van der Waals surface area contributed by atoms with Crippen LogP contribution in [0.2, 0.25) is 10.0 Å². The Morgan fingerprint density at radius 3 is 2.45 bits per heavy atom. The number of benzene rings is 2. The number of aromatic nitrogens is 1. The van der Waals surface area contributed by atoms with E-state index >= 15 is 0 Å². The molecule has 110 valence electrons. The Bertz CT molecular complexity index is 886. The number of aryl methyl sites for hydroxylation is 1. The Morgan fingerprint density at radius 1 is 1.14 bits per heavy atom. The number of rotatable bonds is 2. The molecule has 1 aromatic heterocycles. The highest BCUT2D eigenvalue weighted by atomic mass is 35.5. The molecule has 0 aliphatic rings. The van der Waals surface area contributed by atoms with E-state index in [0.717, 1.165) is 22.0 Å². The van der Waals surface area contributed by atoms with Gasteiger partial charge in [-0.25, -0.2) is 4.79 Å². The fourth-order valence-electron chi connectivity index (χ4n) is 2.53. The number of pyridine rings is 1. The first-order valence-electron chi connectivity index (χ1n) is 6.56. The molecule has 0 fully saturated rings. The van der Waals surface area contributed by atoms with E-state index in [4.69, 9.17) is 23.2 Å². The summed E-state index contributed by atoms with van der Waals surface area (Å²) in [5.74, 6) is -0.981. The minimum atomic E-state index is -0.981. The van der Waals surface area contributed by atoms with Crippen LogP contribution in [0.4, 0.5) is 0 Å². The molecule has 0 amide bonds. The molecule has 0 aliphatic heterocycles. The molecule has 0 saturated heterocycles. The normalized spacial score (nSPS) is 10.9. The van der Waals surface area contributed by atoms with Gasteiger partial charge < -0.3 is 5.11 Å². The van der Waals surface area contributed by atoms with Crippen molar-refractivity contribution < 1.29 is 9.90 Å². The van der Waals surface area contributed by atoms with E-state index in [2.05, 4.69) is 4.98 Å².